The van der Waals surface area contributed by atoms with Crippen molar-refractivity contribution in [2.24, 2.45) is 0 Å². The van der Waals surface area contributed by atoms with Gasteiger partial charge in [-0.3, -0.25) is 4.79 Å². The van der Waals surface area contributed by atoms with Gasteiger partial charge in [-0.2, -0.15) is 24.7 Å². The van der Waals surface area contributed by atoms with Crippen LogP contribution in [0.4, 0.5) is 5.95 Å². The number of carbonyl (C=O) groups excluding carboxylic acids is 1. The third-order valence-corrected chi connectivity index (χ3v) is 2.97. The van der Waals surface area contributed by atoms with Crippen LogP contribution in [0.2, 0.25) is 5.28 Å². The fraction of sp³-hybridized carbons (Fsp3) is 0.400. The van der Waals surface area contributed by atoms with Crippen molar-refractivity contribution in [1.29, 1.82) is 0 Å². The van der Waals surface area contributed by atoms with Gasteiger partial charge in [-0.05, 0) is 11.6 Å². The average Bonchev–Trinajstić information content (AvgIpc) is 2.88. The van der Waals surface area contributed by atoms with Crippen molar-refractivity contribution in [2.75, 3.05) is 24.5 Å². The largest absolute Gasteiger partial charge is 0.354 e. The molecule has 1 saturated heterocycles. The predicted molar refractivity (Wildman–Crippen MR) is 69.6 cm³/mol. The van der Waals surface area contributed by atoms with E-state index in [1.165, 1.54) is 17.3 Å². The van der Waals surface area contributed by atoms with Gasteiger partial charge in [0.25, 0.3) is 5.95 Å². The Kier molecular flexibility index (Phi) is 3.42. The molecule has 0 aromatic carbocycles. The van der Waals surface area contributed by atoms with Gasteiger partial charge in [0.2, 0.25) is 17.1 Å². The van der Waals surface area contributed by atoms with Crippen molar-refractivity contribution in [3.63, 3.8) is 0 Å². The van der Waals surface area contributed by atoms with Crippen LogP contribution in [0.3, 0.4) is 0 Å². The molecule has 1 aliphatic rings. The second kappa shape index (κ2) is 5.37. The summed E-state index contributed by atoms with van der Waals surface area (Å²) in [5, 5.41) is 6.82. The Labute approximate surface area is 119 Å². The summed E-state index contributed by atoms with van der Waals surface area (Å²) in [6.07, 6.45) is 3.25. The Bertz CT molecular complexity index is 616. The highest BCUT2D eigenvalue weighted by atomic mass is 35.5. The monoisotopic (exact) mass is 294 g/mol. The molecule has 20 heavy (non-hydrogen) atoms. The number of rotatable bonds is 2. The Morgan fingerprint density at radius 3 is 2.85 bits per heavy atom. The summed E-state index contributed by atoms with van der Waals surface area (Å²) in [6.45, 7) is 1.69. The highest BCUT2D eigenvalue weighted by Crippen LogP contribution is 2.14. The molecule has 0 aliphatic carbocycles. The maximum atomic E-state index is 11.3. The Morgan fingerprint density at radius 1 is 1.20 bits per heavy atom. The van der Waals surface area contributed by atoms with Crippen molar-refractivity contribution in [3.05, 3.63) is 17.9 Å². The summed E-state index contributed by atoms with van der Waals surface area (Å²) < 4.78 is 1.40. The Hall–Kier alpha value is -2.29. The molecule has 0 bridgehead atoms. The van der Waals surface area contributed by atoms with E-state index in [-0.39, 0.29) is 11.2 Å². The molecule has 1 aliphatic heterocycles. The lowest BCUT2D eigenvalue weighted by atomic mass is 10.4. The molecule has 2 aromatic rings. The molecule has 0 saturated carbocycles. The van der Waals surface area contributed by atoms with Gasteiger partial charge in [-0.1, -0.05) is 0 Å². The molecule has 1 fully saturated rings. The fourth-order valence-corrected chi connectivity index (χ4v) is 2.00. The lowest BCUT2D eigenvalue weighted by molar-refractivity contribution is -0.120. The molecule has 1 amide bonds. The van der Waals surface area contributed by atoms with Crippen LogP contribution in [-0.4, -0.2) is 55.3 Å². The molecule has 10 heteroatoms. The summed E-state index contributed by atoms with van der Waals surface area (Å²) in [5.74, 6) is 0.734. The smallest absolute Gasteiger partial charge is 0.258 e. The molecule has 1 N–H and O–H groups in total. The van der Waals surface area contributed by atoms with Crippen LogP contribution in [0, 0.1) is 0 Å². The van der Waals surface area contributed by atoms with Crippen LogP contribution in [0.15, 0.2) is 12.7 Å². The van der Waals surface area contributed by atoms with Gasteiger partial charge >= 0.3 is 0 Å². The SMILES string of the molecule is O=C1CCN(c2nc(Cl)nc(-n3cncn3)n2)CCN1. The van der Waals surface area contributed by atoms with Crippen LogP contribution < -0.4 is 10.2 Å². The highest BCUT2D eigenvalue weighted by molar-refractivity contribution is 6.28. The van der Waals surface area contributed by atoms with E-state index >= 15 is 0 Å². The van der Waals surface area contributed by atoms with Gasteiger partial charge in [0.05, 0.1) is 0 Å². The van der Waals surface area contributed by atoms with Gasteiger partial charge in [0.1, 0.15) is 12.7 Å². The van der Waals surface area contributed by atoms with Crippen molar-refractivity contribution in [1.82, 2.24) is 35.0 Å². The maximum Gasteiger partial charge on any atom is 0.258 e. The van der Waals surface area contributed by atoms with E-state index in [0.29, 0.717) is 38.0 Å². The van der Waals surface area contributed by atoms with E-state index in [0.717, 1.165) is 0 Å². The predicted octanol–water partition coefficient (Wildman–Crippen LogP) is -0.568. The van der Waals surface area contributed by atoms with Gasteiger partial charge < -0.3 is 10.2 Å². The van der Waals surface area contributed by atoms with Crippen molar-refractivity contribution in [2.45, 2.75) is 6.42 Å². The zero-order valence-corrected chi connectivity index (χ0v) is 11.2. The van der Waals surface area contributed by atoms with E-state index in [4.69, 9.17) is 11.6 Å². The van der Waals surface area contributed by atoms with E-state index in [2.05, 4.69) is 30.4 Å². The van der Waals surface area contributed by atoms with Crippen LogP contribution >= 0.6 is 11.6 Å². The summed E-state index contributed by atoms with van der Waals surface area (Å²) in [7, 11) is 0. The molecule has 3 rings (SSSR count). The summed E-state index contributed by atoms with van der Waals surface area (Å²) in [4.78, 5) is 29.5. The number of hydrogen-bond acceptors (Lipinski definition) is 7. The first-order chi connectivity index (χ1) is 9.72. The normalized spacial score (nSPS) is 15.8. The number of aromatic nitrogens is 6. The number of halogens is 1. The highest BCUT2D eigenvalue weighted by Gasteiger charge is 2.18. The molecule has 0 spiro atoms. The Balaban J connectivity index is 1.91. The quantitative estimate of drug-likeness (QED) is 0.791. The molecule has 0 unspecified atom stereocenters. The van der Waals surface area contributed by atoms with Crippen molar-refractivity contribution < 1.29 is 4.79 Å². The molecular weight excluding hydrogens is 284 g/mol. The zero-order chi connectivity index (χ0) is 13.9. The molecule has 2 aromatic heterocycles. The summed E-state index contributed by atoms with van der Waals surface area (Å²) >= 11 is 5.92. The minimum atomic E-state index is 0.0177. The van der Waals surface area contributed by atoms with Crippen molar-refractivity contribution >= 4 is 23.5 Å². The minimum absolute atomic E-state index is 0.0177. The lowest BCUT2D eigenvalue weighted by Crippen LogP contribution is -2.30. The third kappa shape index (κ3) is 2.67. The van der Waals surface area contributed by atoms with Crippen molar-refractivity contribution in [3.8, 4) is 5.95 Å². The first kappa shape index (κ1) is 12.7. The van der Waals surface area contributed by atoms with E-state index in [1.54, 1.807) is 0 Å². The first-order valence-corrected chi connectivity index (χ1v) is 6.38. The van der Waals surface area contributed by atoms with Gasteiger partial charge in [0, 0.05) is 26.1 Å². The zero-order valence-electron chi connectivity index (χ0n) is 10.4. The molecule has 0 radical (unpaired) electrons. The van der Waals surface area contributed by atoms with E-state index in [1.807, 2.05) is 4.90 Å². The fourth-order valence-electron chi connectivity index (χ4n) is 1.85. The van der Waals surface area contributed by atoms with Crippen LogP contribution in [-0.2, 0) is 4.79 Å². The number of hydrogen-bond donors (Lipinski definition) is 1. The third-order valence-electron chi connectivity index (χ3n) is 2.80. The van der Waals surface area contributed by atoms with Gasteiger partial charge in [0.15, 0.2) is 0 Å². The average molecular weight is 295 g/mol. The molecule has 104 valence electrons. The minimum Gasteiger partial charge on any atom is -0.354 e. The number of carbonyl (C=O) groups is 1. The Morgan fingerprint density at radius 2 is 2.05 bits per heavy atom. The molecule has 9 nitrogen and oxygen atoms in total. The summed E-state index contributed by atoms with van der Waals surface area (Å²) in [6, 6.07) is 0. The number of amides is 1. The summed E-state index contributed by atoms with van der Waals surface area (Å²) in [5.41, 5.74) is 0. The standard InChI is InChI=1S/C10H11ClN8O/c11-8-15-9(18-3-1-7(20)13-2-4-18)17-10(16-8)19-6-12-5-14-19/h5-6H,1-4H2,(H,13,20). The first-order valence-electron chi connectivity index (χ1n) is 6.00. The van der Waals surface area contributed by atoms with Crippen LogP contribution in [0.1, 0.15) is 6.42 Å². The van der Waals surface area contributed by atoms with E-state index in [9.17, 15) is 4.79 Å². The molecule has 3 heterocycles. The van der Waals surface area contributed by atoms with Crippen LogP contribution in [0.5, 0.6) is 0 Å². The lowest BCUT2D eigenvalue weighted by Gasteiger charge is -2.19. The van der Waals surface area contributed by atoms with Gasteiger partial charge in [-0.25, -0.2) is 4.98 Å². The number of anilines is 1. The van der Waals surface area contributed by atoms with Gasteiger partial charge in [-0.15, -0.1) is 0 Å². The maximum absolute atomic E-state index is 11.3. The second-order valence-corrected chi connectivity index (χ2v) is 4.47. The number of nitrogens with one attached hydrogen (secondary N) is 1. The second-order valence-electron chi connectivity index (χ2n) is 4.13. The number of nitrogens with zero attached hydrogens (tertiary/aromatic N) is 7. The molecular formula is C10H11ClN8O. The van der Waals surface area contributed by atoms with E-state index < -0.39 is 0 Å². The topological polar surface area (TPSA) is 102 Å². The molecule has 0 atom stereocenters. The van der Waals surface area contributed by atoms with Crippen LogP contribution in [0.25, 0.3) is 5.95 Å².